The second-order valence-corrected chi connectivity index (χ2v) is 8.33. The normalized spacial score (nSPS) is 12.2. The number of fused-ring (bicyclic) bond motifs is 5. The van der Waals surface area contributed by atoms with Crippen LogP contribution in [-0.2, 0) is 6.54 Å². The molecule has 0 fully saturated rings. The average molecular weight is 506 g/mol. The summed E-state index contributed by atoms with van der Waals surface area (Å²) in [6.07, 6.45) is 0.689. The van der Waals surface area contributed by atoms with Gasteiger partial charge >= 0.3 is 0 Å². The molecule has 5 rings (SSSR count). The summed E-state index contributed by atoms with van der Waals surface area (Å²) in [7, 11) is 0. The van der Waals surface area contributed by atoms with Crippen LogP contribution in [-0.4, -0.2) is 41.7 Å². The number of imide groups is 1. The number of para-hydroxylation sites is 1. The van der Waals surface area contributed by atoms with Gasteiger partial charge in [0.05, 0.1) is 22.2 Å². The molecule has 0 saturated heterocycles. The van der Waals surface area contributed by atoms with Crippen LogP contribution in [0.25, 0.3) is 21.8 Å². The number of carbonyl (C=O) groups excluding carboxylic acids is 4. The van der Waals surface area contributed by atoms with Gasteiger partial charge in [0.15, 0.2) is 0 Å². The van der Waals surface area contributed by atoms with Crippen molar-refractivity contribution in [2.24, 2.45) is 5.73 Å². The molecule has 9 nitrogen and oxygen atoms in total. The molecule has 0 aliphatic carbocycles. The van der Waals surface area contributed by atoms with Gasteiger partial charge < -0.3 is 21.4 Å². The van der Waals surface area contributed by atoms with Crippen molar-refractivity contribution in [3.05, 3.63) is 82.4 Å². The quantitative estimate of drug-likeness (QED) is 0.193. The summed E-state index contributed by atoms with van der Waals surface area (Å²) >= 11 is 0. The first-order valence-corrected chi connectivity index (χ1v) is 11.3. The molecule has 2 heterocycles. The van der Waals surface area contributed by atoms with Crippen LogP contribution in [0.1, 0.15) is 53.4 Å². The maximum atomic E-state index is 13.3. The lowest BCUT2D eigenvalue weighted by Gasteiger charge is -2.10. The van der Waals surface area contributed by atoms with Crippen LogP contribution in [0.2, 0.25) is 0 Å². The van der Waals surface area contributed by atoms with Gasteiger partial charge in [-0.3, -0.25) is 24.5 Å². The number of aromatic nitrogens is 1. The molecule has 0 unspecified atom stereocenters. The number of aromatic amines is 1. The molecule has 1 aromatic heterocycles. The Kier molecular flexibility index (Phi) is 7.05. The van der Waals surface area contributed by atoms with E-state index in [0.29, 0.717) is 36.0 Å². The fourth-order valence-corrected chi connectivity index (χ4v) is 4.36. The Bertz CT molecular complexity index is 1530. The molecule has 4 amide bonds. The predicted molar refractivity (Wildman–Crippen MR) is 138 cm³/mol. The van der Waals surface area contributed by atoms with E-state index in [9.17, 15) is 19.2 Å². The Balaban J connectivity index is 0.00000304. The number of nitrogens with one attached hydrogen (secondary N) is 4. The van der Waals surface area contributed by atoms with Gasteiger partial charge in [0, 0.05) is 34.9 Å². The number of rotatable bonds is 7. The van der Waals surface area contributed by atoms with Crippen molar-refractivity contribution >= 4 is 57.8 Å². The van der Waals surface area contributed by atoms with E-state index in [4.69, 9.17) is 5.73 Å². The second kappa shape index (κ2) is 10.2. The van der Waals surface area contributed by atoms with E-state index < -0.39 is 17.7 Å². The molecule has 0 spiro atoms. The van der Waals surface area contributed by atoms with Crippen LogP contribution in [0.5, 0.6) is 0 Å². The number of benzene rings is 3. The molecule has 184 valence electrons. The Morgan fingerprint density at radius 3 is 2.53 bits per heavy atom. The van der Waals surface area contributed by atoms with Crippen molar-refractivity contribution in [1.29, 1.82) is 0 Å². The highest BCUT2D eigenvalue weighted by Crippen LogP contribution is 2.35. The molecule has 4 aromatic rings. The van der Waals surface area contributed by atoms with Crippen LogP contribution in [0.3, 0.4) is 0 Å². The van der Waals surface area contributed by atoms with Gasteiger partial charge in [0.2, 0.25) is 0 Å². The van der Waals surface area contributed by atoms with E-state index in [0.717, 1.165) is 16.5 Å². The third-order valence-electron chi connectivity index (χ3n) is 6.04. The van der Waals surface area contributed by atoms with Gasteiger partial charge in [0.1, 0.15) is 0 Å². The van der Waals surface area contributed by atoms with Gasteiger partial charge in [-0.25, -0.2) is 0 Å². The third kappa shape index (κ3) is 4.41. The Morgan fingerprint density at radius 2 is 1.72 bits per heavy atom. The summed E-state index contributed by atoms with van der Waals surface area (Å²) in [6, 6.07) is 15.8. The van der Waals surface area contributed by atoms with E-state index in [2.05, 4.69) is 20.9 Å². The zero-order chi connectivity index (χ0) is 24.5. The lowest BCUT2D eigenvalue weighted by Crippen LogP contribution is -2.26. The number of H-pyrrole nitrogens is 1. The standard InChI is InChI=1S/C26H23N5O4.ClH/c27-9-4-10-28-23(32)15-6-3-5-14(11-15)13-29-24(33)18-12-17-21(26(35)31-25(17)34)20-16-7-1-2-8-19(16)30-22(18)20;/h1-3,5-8,11-12,30H,4,9-10,13,27H2,(H,28,32)(H,29,33)(H,31,34,35);1H. The minimum absolute atomic E-state index is 0. The third-order valence-corrected chi connectivity index (χ3v) is 6.04. The minimum atomic E-state index is -0.528. The van der Waals surface area contributed by atoms with Crippen LogP contribution in [0.4, 0.5) is 0 Å². The smallest absolute Gasteiger partial charge is 0.259 e. The van der Waals surface area contributed by atoms with Crippen LogP contribution in [0, 0.1) is 0 Å². The zero-order valence-corrected chi connectivity index (χ0v) is 20.0. The Hall–Kier alpha value is -4.21. The highest BCUT2D eigenvalue weighted by Gasteiger charge is 2.32. The molecule has 10 heteroatoms. The first-order chi connectivity index (χ1) is 17.0. The number of halogens is 1. The monoisotopic (exact) mass is 505 g/mol. The van der Waals surface area contributed by atoms with Crippen molar-refractivity contribution in [2.75, 3.05) is 13.1 Å². The Morgan fingerprint density at radius 1 is 0.917 bits per heavy atom. The van der Waals surface area contributed by atoms with Gasteiger partial charge in [-0.2, -0.15) is 0 Å². The number of nitrogens with two attached hydrogens (primary N) is 1. The number of amides is 4. The summed E-state index contributed by atoms with van der Waals surface area (Å²) in [5.41, 5.74) is 8.64. The van der Waals surface area contributed by atoms with Crippen LogP contribution >= 0.6 is 12.4 Å². The molecule has 1 aliphatic heterocycles. The van der Waals surface area contributed by atoms with Crippen molar-refractivity contribution in [3.8, 4) is 0 Å². The second-order valence-electron chi connectivity index (χ2n) is 8.33. The molecule has 0 atom stereocenters. The number of carbonyl (C=O) groups is 4. The largest absolute Gasteiger partial charge is 0.354 e. The van der Waals surface area contributed by atoms with Gasteiger partial charge in [0.25, 0.3) is 23.6 Å². The van der Waals surface area contributed by atoms with Gasteiger partial charge in [-0.1, -0.05) is 30.3 Å². The molecule has 0 saturated carbocycles. The van der Waals surface area contributed by atoms with E-state index in [1.54, 1.807) is 18.2 Å². The first-order valence-electron chi connectivity index (χ1n) is 11.3. The summed E-state index contributed by atoms with van der Waals surface area (Å²) < 4.78 is 0. The van der Waals surface area contributed by atoms with Gasteiger partial charge in [-0.15, -0.1) is 12.4 Å². The van der Waals surface area contributed by atoms with E-state index >= 15 is 0 Å². The number of hydrogen-bond acceptors (Lipinski definition) is 5. The van der Waals surface area contributed by atoms with Crippen LogP contribution in [0.15, 0.2) is 54.6 Å². The van der Waals surface area contributed by atoms with E-state index in [-0.39, 0.29) is 41.5 Å². The maximum absolute atomic E-state index is 13.3. The SMILES string of the molecule is Cl.NCCCNC(=O)c1cccc(CNC(=O)c2cc3c(c4c2[nH]c2ccccc24)C(=O)NC3=O)c1. The lowest BCUT2D eigenvalue weighted by molar-refractivity contribution is 0.0877. The molecular formula is C26H24ClN5O4. The lowest BCUT2D eigenvalue weighted by atomic mass is 9.98. The molecule has 36 heavy (non-hydrogen) atoms. The highest BCUT2D eigenvalue weighted by molar-refractivity contribution is 6.32. The summed E-state index contributed by atoms with van der Waals surface area (Å²) in [4.78, 5) is 53.7. The number of hydrogen-bond donors (Lipinski definition) is 5. The molecule has 1 aliphatic rings. The topological polar surface area (TPSA) is 146 Å². The van der Waals surface area contributed by atoms with Crippen molar-refractivity contribution < 1.29 is 19.2 Å². The molecule has 3 aromatic carbocycles. The molecule has 0 bridgehead atoms. The predicted octanol–water partition coefficient (Wildman–Crippen LogP) is 2.64. The fraction of sp³-hybridized carbons (Fsp3) is 0.154. The summed E-state index contributed by atoms with van der Waals surface area (Å²) in [5, 5.41) is 9.29. The Labute approximate surface area is 212 Å². The molecule has 6 N–H and O–H groups in total. The summed E-state index contributed by atoms with van der Waals surface area (Å²) in [6.45, 7) is 1.16. The van der Waals surface area contributed by atoms with Crippen molar-refractivity contribution in [3.63, 3.8) is 0 Å². The molecular weight excluding hydrogens is 482 g/mol. The molecule has 0 radical (unpaired) electrons. The first kappa shape index (κ1) is 24.9. The zero-order valence-electron chi connectivity index (χ0n) is 19.1. The van der Waals surface area contributed by atoms with Crippen LogP contribution < -0.4 is 21.7 Å². The fourth-order valence-electron chi connectivity index (χ4n) is 4.36. The van der Waals surface area contributed by atoms with E-state index in [1.807, 2.05) is 30.3 Å². The summed E-state index contributed by atoms with van der Waals surface area (Å²) in [5.74, 6) is -1.62. The van der Waals surface area contributed by atoms with Crippen molar-refractivity contribution in [2.45, 2.75) is 13.0 Å². The van der Waals surface area contributed by atoms with Crippen molar-refractivity contribution in [1.82, 2.24) is 20.9 Å². The highest BCUT2D eigenvalue weighted by atomic mass is 35.5. The van der Waals surface area contributed by atoms with E-state index in [1.165, 1.54) is 6.07 Å². The maximum Gasteiger partial charge on any atom is 0.259 e. The minimum Gasteiger partial charge on any atom is -0.354 e. The average Bonchev–Trinajstić information content (AvgIpc) is 3.38. The van der Waals surface area contributed by atoms with Gasteiger partial charge in [-0.05, 0) is 42.8 Å².